The fourth-order valence-corrected chi connectivity index (χ4v) is 3.30. The number of nitrogens with zero attached hydrogens (tertiary/aromatic N) is 4. The molecule has 1 saturated heterocycles. The standard InChI is InChI=1S/C15H20N6O2S/c1-16-12-5-13(20-9-19-12)21-4-2-3-15(23,8-21)7-18-14(22)11-6-17-10-24-11/h5-6,9-10,23H,2-4,7-8H2,1H3,(H,18,22)(H,16,19,20)/t15-/m1/s1. The van der Waals surface area contributed by atoms with Gasteiger partial charge in [-0.3, -0.25) is 9.78 Å². The Hall–Kier alpha value is -2.26. The van der Waals surface area contributed by atoms with Crippen molar-refractivity contribution in [1.82, 2.24) is 20.3 Å². The molecule has 9 heteroatoms. The zero-order valence-corrected chi connectivity index (χ0v) is 14.2. The number of β-amino-alcohol motifs (C(OH)–C–C–N with tert-alkyl or cyclic N) is 1. The van der Waals surface area contributed by atoms with Gasteiger partial charge in [-0.05, 0) is 12.8 Å². The molecule has 3 heterocycles. The third kappa shape index (κ3) is 3.80. The Morgan fingerprint density at radius 3 is 3.12 bits per heavy atom. The van der Waals surface area contributed by atoms with Gasteiger partial charge in [0.25, 0.3) is 5.91 Å². The maximum absolute atomic E-state index is 12.0. The average molecular weight is 348 g/mol. The number of hydrogen-bond donors (Lipinski definition) is 3. The molecule has 128 valence electrons. The van der Waals surface area contributed by atoms with Crippen molar-refractivity contribution in [3.63, 3.8) is 0 Å². The normalized spacial score (nSPS) is 20.7. The maximum Gasteiger partial charge on any atom is 0.263 e. The van der Waals surface area contributed by atoms with Crippen LogP contribution in [0, 0.1) is 0 Å². The van der Waals surface area contributed by atoms with Crippen LogP contribution in [0.1, 0.15) is 22.5 Å². The first-order chi connectivity index (χ1) is 11.6. The van der Waals surface area contributed by atoms with Gasteiger partial charge in [0.2, 0.25) is 0 Å². The van der Waals surface area contributed by atoms with E-state index in [9.17, 15) is 9.90 Å². The Kier molecular flexibility index (Phi) is 4.91. The van der Waals surface area contributed by atoms with Crippen molar-refractivity contribution >= 4 is 28.9 Å². The highest BCUT2D eigenvalue weighted by Gasteiger charge is 2.34. The molecule has 24 heavy (non-hydrogen) atoms. The largest absolute Gasteiger partial charge is 0.386 e. The minimum atomic E-state index is -0.983. The quantitative estimate of drug-likeness (QED) is 0.732. The molecule has 1 atom stereocenters. The van der Waals surface area contributed by atoms with E-state index in [1.165, 1.54) is 23.9 Å². The van der Waals surface area contributed by atoms with E-state index in [-0.39, 0.29) is 12.5 Å². The topological polar surface area (TPSA) is 103 Å². The van der Waals surface area contributed by atoms with Crippen LogP contribution >= 0.6 is 11.3 Å². The summed E-state index contributed by atoms with van der Waals surface area (Å²) < 4.78 is 0. The number of carbonyl (C=O) groups is 1. The van der Waals surface area contributed by atoms with Crippen molar-refractivity contribution in [1.29, 1.82) is 0 Å². The average Bonchev–Trinajstić information content (AvgIpc) is 3.14. The molecule has 0 spiro atoms. The molecular formula is C15H20N6O2S. The Morgan fingerprint density at radius 1 is 1.50 bits per heavy atom. The van der Waals surface area contributed by atoms with Crippen molar-refractivity contribution < 1.29 is 9.90 Å². The molecule has 0 aliphatic carbocycles. The number of hydrogen-bond acceptors (Lipinski definition) is 8. The maximum atomic E-state index is 12.0. The summed E-state index contributed by atoms with van der Waals surface area (Å²) in [6.07, 6.45) is 4.49. The van der Waals surface area contributed by atoms with Gasteiger partial charge in [-0.2, -0.15) is 0 Å². The minimum absolute atomic E-state index is 0.199. The van der Waals surface area contributed by atoms with Gasteiger partial charge in [0.1, 0.15) is 22.8 Å². The number of piperidine rings is 1. The van der Waals surface area contributed by atoms with Crippen LogP contribution < -0.4 is 15.5 Å². The summed E-state index contributed by atoms with van der Waals surface area (Å²) in [7, 11) is 1.80. The van der Waals surface area contributed by atoms with Crippen molar-refractivity contribution in [2.24, 2.45) is 0 Å². The third-order valence-electron chi connectivity index (χ3n) is 4.02. The first kappa shape index (κ1) is 16.6. The molecule has 0 bridgehead atoms. The van der Waals surface area contributed by atoms with Crippen molar-refractivity contribution in [3.8, 4) is 0 Å². The first-order valence-corrected chi connectivity index (χ1v) is 8.61. The first-order valence-electron chi connectivity index (χ1n) is 7.73. The van der Waals surface area contributed by atoms with Crippen molar-refractivity contribution in [2.45, 2.75) is 18.4 Å². The van der Waals surface area contributed by atoms with Crippen LogP contribution in [0.4, 0.5) is 11.6 Å². The van der Waals surface area contributed by atoms with Gasteiger partial charge in [-0.15, -0.1) is 11.3 Å². The number of amides is 1. The molecule has 1 amide bonds. The van der Waals surface area contributed by atoms with Crippen molar-refractivity contribution in [2.75, 3.05) is 36.9 Å². The van der Waals surface area contributed by atoms with Gasteiger partial charge < -0.3 is 20.6 Å². The van der Waals surface area contributed by atoms with Gasteiger partial charge in [-0.25, -0.2) is 9.97 Å². The number of aromatic nitrogens is 3. The van der Waals surface area contributed by atoms with Gasteiger partial charge in [-0.1, -0.05) is 0 Å². The van der Waals surface area contributed by atoms with E-state index >= 15 is 0 Å². The highest BCUT2D eigenvalue weighted by Crippen LogP contribution is 2.25. The number of aliphatic hydroxyl groups is 1. The van der Waals surface area contributed by atoms with E-state index in [0.29, 0.717) is 17.8 Å². The molecule has 3 rings (SSSR count). The van der Waals surface area contributed by atoms with Crippen LogP contribution in [-0.2, 0) is 0 Å². The second-order valence-electron chi connectivity index (χ2n) is 5.81. The van der Waals surface area contributed by atoms with E-state index in [1.807, 2.05) is 11.0 Å². The fraction of sp³-hybridized carbons (Fsp3) is 0.467. The lowest BCUT2D eigenvalue weighted by Gasteiger charge is -2.39. The molecule has 1 aliphatic rings. The fourth-order valence-electron chi connectivity index (χ4n) is 2.77. The van der Waals surface area contributed by atoms with Gasteiger partial charge in [0.05, 0.1) is 17.3 Å². The lowest BCUT2D eigenvalue weighted by molar-refractivity contribution is 0.0255. The lowest BCUT2D eigenvalue weighted by Crippen LogP contribution is -2.54. The van der Waals surface area contributed by atoms with Crippen LogP contribution in [0.2, 0.25) is 0 Å². The monoisotopic (exact) mass is 348 g/mol. The number of carbonyl (C=O) groups excluding carboxylic acids is 1. The number of rotatable bonds is 5. The minimum Gasteiger partial charge on any atom is -0.386 e. The summed E-state index contributed by atoms with van der Waals surface area (Å²) in [6.45, 7) is 1.42. The highest BCUT2D eigenvalue weighted by molar-refractivity contribution is 7.11. The molecule has 8 nitrogen and oxygen atoms in total. The van der Waals surface area contributed by atoms with E-state index < -0.39 is 5.60 Å². The van der Waals surface area contributed by atoms with Crippen LogP contribution in [0.15, 0.2) is 24.1 Å². The van der Waals surface area contributed by atoms with E-state index in [0.717, 1.165) is 24.6 Å². The molecule has 0 saturated carbocycles. The molecule has 0 unspecified atom stereocenters. The number of thiazole rings is 1. The van der Waals surface area contributed by atoms with E-state index in [4.69, 9.17) is 0 Å². The summed E-state index contributed by atoms with van der Waals surface area (Å²) in [5.41, 5.74) is 0.629. The number of nitrogens with one attached hydrogen (secondary N) is 2. The summed E-state index contributed by atoms with van der Waals surface area (Å²) in [4.78, 5) is 26.9. The summed E-state index contributed by atoms with van der Waals surface area (Å²) in [5, 5.41) is 16.6. The Morgan fingerprint density at radius 2 is 2.38 bits per heavy atom. The van der Waals surface area contributed by atoms with Gasteiger partial charge in [0.15, 0.2) is 0 Å². The molecule has 1 aliphatic heterocycles. The van der Waals surface area contributed by atoms with Gasteiger partial charge in [0, 0.05) is 32.7 Å². The SMILES string of the molecule is CNc1cc(N2CCC[C@@](O)(CNC(=O)c3cncs3)C2)ncn1. The Labute approximate surface area is 144 Å². The summed E-state index contributed by atoms with van der Waals surface area (Å²) in [6, 6.07) is 1.85. The lowest BCUT2D eigenvalue weighted by atomic mass is 9.92. The second-order valence-corrected chi connectivity index (χ2v) is 6.70. The number of anilines is 2. The third-order valence-corrected chi connectivity index (χ3v) is 4.79. The van der Waals surface area contributed by atoms with Crippen LogP contribution in [-0.4, -0.2) is 58.2 Å². The predicted molar refractivity (Wildman–Crippen MR) is 92.4 cm³/mol. The van der Waals surface area contributed by atoms with Crippen molar-refractivity contribution in [3.05, 3.63) is 29.0 Å². The second kappa shape index (κ2) is 7.10. The Balaban J connectivity index is 1.64. The highest BCUT2D eigenvalue weighted by atomic mass is 32.1. The van der Waals surface area contributed by atoms with E-state index in [1.54, 1.807) is 12.6 Å². The van der Waals surface area contributed by atoms with Crippen LogP contribution in [0.25, 0.3) is 0 Å². The molecule has 2 aromatic heterocycles. The molecule has 1 fully saturated rings. The summed E-state index contributed by atoms with van der Waals surface area (Å²) >= 11 is 1.28. The van der Waals surface area contributed by atoms with Gasteiger partial charge >= 0.3 is 0 Å². The molecular weight excluding hydrogens is 328 g/mol. The zero-order valence-electron chi connectivity index (χ0n) is 13.4. The van der Waals surface area contributed by atoms with E-state index in [2.05, 4.69) is 25.6 Å². The Bertz CT molecular complexity index is 695. The smallest absolute Gasteiger partial charge is 0.263 e. The molecule has 3 N–H and O–H groups in total. The van der Waals surface area contributed by atoms with Crippen LogP contribution in [0.3, 0.4) is 0 Å². The van der Waals surface area contributed by atoms with Crippen LogP contribution in [0.5, 0.6) is 0 Å². The molecule has 0 radical (unpaired) electrons. The molecule has 0 aromatic carbocycles. The zero-order chi connectivity index (χ0) is 17.0. The predicted octanol–water partition coefficient (Wildman–Crippen LogP) is 0.736. The summed E-state index contributed by atoms with van der Waals surface area (Å²) in [5.74, 6) is 1.29. The molecule has 2 aromatic rings.